The van der Waals surface area contributed by atoms with Crippen molar-refractivity contribution in [3.05, 3.63) is 23.5 Å². The topological polar surface area (TPSA) is 120 Å². The van der Waals surface area contributed by atoms with Crippen molar-refractivity contribution in [1.29, 1.82) is 5.26 Å². The maximum absolute atomic E-state index is 12.1. The first-order valence-electron chi connectivity index (χ1n) is 5.81. The number of hydrogen-bond donors (Lipinski definition) is 2. The molecule has 7 nitrogen and oxygen atoms in total. The highest BCUT2D eigenvalue weighted by Crippen LogP contribution is 2.14. The smallest absolute Gasteiger partial charge is 0.322 e. The third-order valence-corrected chi connectivity index (χ3v) is 4.12. The van der Waals surface area contributed by atoms with Crippen LogP contribution >= 0.6 is 0 Å². The number of nitrogens with zero attached hydrogens (tertiary/aromatic N) is 2. The zero-order chi connectivity index (χ0) is 15.5. The number of aromatic nitrogens is 1. The van der Waals surface area contributed by atoms with Crippen LogP contribution in [0.4, 0.5) is 0 Å². The molecule has 2 N–H and O–H groups in total. The summed E-state index contributed by atoms with van der Waals surface area (Å²) in [5.41, 5.74) is 0.536. The van der Waals surface area contributed by atoms with E-state index in [0.29, 0.717) is 5.69 Å². The number of sulfonamides is 1. The van der Waals surface area contributed by atoms with Crippen molar-refractivity contribution in [2.75, 3.05) is 0 Å². The normalized spacial score (nSPS) is 12.9. The quantitative estimate of drug-likeness (QED) is 0.823. The maximum atomic E-state index is 12.1. The van der Waals surface area contributed by atoms with Crippen LogP contribution in [0.25, 0.3) is 0 Å². The predicted molar refractivity (Wildman–Crippen MR) is 70.3 cm³/mol. The van der Waals surface area contributed by atoms with Crippen molar-refractivity contribution in [2.45, 2.75) is 31.7 Å². The highest BCUT2D eigenvalue weighted by molar-refractivity contribution is 7.89. The van der Waals surface area contributed by atoms with Crippen molar-refractivity contribution in [1.82, 2.24) is 9.71 Å². The molecule has 8 heteroatoms. The fraction of sp³-hybridized carbons (Fsp3) is 0.417. The van der Waals surface area contributed by atoms with Crippen LogP contribution in [0, 0.1) is 24.2 Å². The average Bonchev–Trinajstić information content (AvgIpc) is 2.35. The van der Waals surface area contributed by atoms with Gasteiger partial charge in [-0.15, -0.1) is 0 Å². The van der Waals surface area contributed by atoms with Crippen LogP contribution < -0.4 is 4.72 Å². The largest absolute Gasteiger partial charge is 0.480 e. The average molecular weight is 297 g/mol. The summed E-state index contributed by atoms with van der Waals surface area (Å²) >= 11 is 0. The van der Waals surface area contributed by atoms with E-state index in [-0.39, 0.29) is 10.5 Å². The van der Waals surface area contributed by atoms with E-state index in [1.54, 1.807) is 20.8 Å². The molecule has 1 aromatic rings. The summed E-state index contributed by atoms with van der Waals surface area (Å²) in [6.07, 6.45) is 1.09. The Morgan fingerprint density at radius 3 is 2.55 bits per heavy atom. The molecule has 0 spiro atoms. The number of rotatable bonds is 5. The van der Waals surface area contributed by atoms with Gasteiger partial charge in [-0.2, -0.15) is 9.98 Å². The number of hydrogen-bond acceptors (Lipinski definition) is 5. The van der Waals surface area contributed by atoms with Gasteiger partial charge in [-0.25, -0.2) is 8.42 Å². The number of aliphatic carboxylic acids is 1. The standard InChI is InChI=1S/C12H15N3O4S/c1-7(2)11(12(16)17)15-20(18,19)10-4-9(5-13)8(3)14-6-10/h4,6-7,11,15H,1-3H3,(H,16,17). The molecule has 108 valence electrons. The molecular formula is C12H15N3O4S. The molecule has 1 heterocycles. The lowest BCUT2D eigenvalue weighted by Gasteiger charge is -2.18. The fourth-order valence-corrected chi connectivity index (χ4v) is 2.79. The van der Waals surface area contributed by atoms with Gasteiger partial charge in [-0.1, -0.05) is 13.8 Å². The van der Waals surface area contributed by atoms with E-state index >= 15 is 0 Å². The van der Waals surface area contributed by atoms with Crippen LogP contribution in [-0.2, 0) is 14.8 Å². The molecule has 0 radical (unpaired) electrons. The van der Waals surface area contributed by atoms with Gasteiger partial charge in [0.05, 0.1) is 11.3 Å². The summed E-state index contributed by atoms with van der Waals surface area (Å²) in [7, 11) is -4.04. The Morgan fingerprint density at radius 1 is 1.50 bits per heavy atom. The second kappa shape index (κ2) is 5.98. The van der Waals surface area contributed by atoms with Crippen LogP contribution in [0.5, 0.6) is 0 Å². The number of nitriles is 1. The Labute approximate surface area is 117 Å². The molecule has 0 aromatic carbocycles. The molecule has 0 amide bonds. The lowest BCUT2D eigenvalue weighted by Crippen LogP contribution is -2.44. The number of pyridine rings is 1. The molecule has 1 atom stereocenters. The van der Waals surface area contributed by atoms with Crippen LogP contribution in [0.3, 0.4) is 0 Å². The van der Waals surface area contributed by atoms with Crippen LogP contribution in [0.1, 0.15) is 25.1 Å². The van der Waals surface area contributed by atoms with Crippen molar-refractivity contribution < 1.29 is 18.3 Å². The van der Waals surface area contributed by atoms with Crippen molar-refractivity contribution >= 4 is 16.0 Å². The second-order valence-corrected chi connectivity index (χ2v) is 6.31. The maximum Gasteiger partial charge on any atom is 0.322 e. The molecule has 1 unspecified atom stereocenters. The van der Waals surface area contributed by atoms with Crippen LogP contribution in [0.2, 0.25) is 0 Å². The zero-order valence-electron chi connectivity index (χ0n) is 11.3. The minimum Gasteiger partial charge on any atom is -0.480 e. The first-order chi connectivity index (χ1) is 9.19. The monoisotopic (exact) mass is 297 g/mol. The fourth-order valence-electron chi connectivity index (χ4n) is 1.48. The predicted octanol–water partition coefficient (Wildman–Crippen LogP) is 0.649. The van der Waals surface area contributed by atoms with Gasteiger partial charge in [0.25, 0.3) is 0 Å². The van der Waals surface area contributed by atoms with Gasteiger partial charge in [0.15, 0.2) is 0 Å². The van der Waals surface area contributed by atoms with Gasteiger partial charge >= 0.3 is 5.97 Å². The minimum atomic E-state index is -4.04. The van der Waals surface area contributed by atoms with Gasteiger partial charge in [0, 0.05) is 6.20 Å². The molecule has 1 rings (SSSR count). The third-order valence-electron chi connectivity index (χ3n) is 2.71. The zero-order valence-corrected chi connectivity index (χ0v) is 12.1. The Balaban J connectivity index is 3.18. The molecule has 0 fully saturated rings. The highest BCUT2D eigenvalue weighted by atomic mass is 32.2. The summed E-state index contributed by atoms with van der Waals surface area (Å²) in [5, 5.41) is 17.9. The summed E-state index contributed by atoms with van der Waals surface area (Å²) in [6, 6.07) is 1.76. The summed E-state index contributed by atoms with van der Waals surface area (Å²) in [5.74, 6) is -1.68. The molecule has 0 bridgehead atoms. The van der Waals surface area contributed by atoms with Gasteiger partial charge in [-0.05, 0) is 18.9 Å². The Bertz CT molecular complexity index is 662. The first-order valence-corrected chi connectivity index (χ1v) is 7.29. The first kappa shape index (κ1) is 16.1. The third kappa shape index (κ3) is 3.53. The number of nitrogens with one attached hydrogen (secondary N) is 1. The van der Waals surface area contributed by atoms with E-state index in [1.165, 1.54) is 6.07 Å². The van der Waals surface area contributed by atoms with Gasteiger partial charge in [0.2, 0.25) is 10.0 Å². The Hall–Kier alpha value is -1.98. The van der Waals surface area contributed by atoms with E-state index in [2.05, 4.69) is 9.71 Å². The molecule has 0 aliphatic rings. The van der Waals surface area contributed by atoms with Crippen LogP contribution in [-0.4, -0.2) is 30.5 Å². The summed E-state index contributed by atoms with van der Waals surface area (Å²) in [4.78, 5) is 14.6. The second-order valence-electron chi connectivity index (χ2n) is 4.60. The van der Waals surface area contributed by atoms with E-state index in [9.17, 15) is 13.2 Å². The number of aryl methyl sites for hydroxylation is 1. The SMILES string of the molecule is Cc1ncc(S(=O)(=O)NC(C(=O)O)C(C)C)cc1C#N. The van der Waals surface area contributed by atoms with Gasteiger partial charge < -0.3 is 5.11 Å². The lowest BCUT2D eigenvalue weighted by molar-refractivity contribution is -0.140. The number of carboxylic acids is 1. The molecular weight excluding hydrogens is 282 g/mol. The molecule has 0 saturated heterocycles. The van der Waals surface area contributed by atoms with E-state index < -0.39 is 28.0 Å². The Morgan fingerprint density at radius 2 is 2.10 bits per heavy atom. The van der Waals surface area contributed by atoms with Crippen LogP contribution in [0.15, 0.2) is 17.2 Å². The molecule has 0 aliphatic heterocycles. The minimum absolute atomic E-state index is 0.129. The van der Waals surface area contributed by atoms with E-state index in [4.69, 9.17) is 10.4 Å². The van der Waals surface area contributed by atoms with E-state index in [0.717, 1.165) is 6.20 Å². The Kier molecular flexibility index (Phi) is 4.81. The molecule has 20 heavy (non-hydrogen) atoms. The summed E-state index contributed by atoms with van der Waals surface area (Å²) in [6.45, 7) is 4.77. The number of carbonyl (C=O) groups is 1. The molecule has 0 aliphatic carbocycles. The van der Waals surface area contributed by atoms with Crippen molar-refractivity contribution in [3.8, 4) is 6.07 Å². The van der Waals surface area contributed by atoms with Crippen molar-refractivity contribution in [3.63, 3.8) is 0 Å². The van der Waals surface area contributed by atoms with Crippen molar-refractivity contribution in [2.24, 2.45) is 5.92 Å². The highest BCUT2D eigenvalue weighted by Gasteiger charge is 2.28. The lowest BCUT2D eigenvalue weighted by atomic mass is 10.1. The molecule has 1 aromatic heterocycles. The van der Waals surface area contributed by atoms with Gasteiger partial charge in [0.1, 0.15) is 17.0 Å². The summed E-state index contributed by atoms with van der Waals surface area (Å²) < 4.78 is 26.3. The number of carboxylic acid groups (broad SMARTS) is 1. The molecule has 0 saturated carbocycles. The van der Waals surface area contributed by atoms with E-state index in [1.807, 2.05) is 6.07 Å². The van der Waals surface area contributed by atoms with Gasteiger partial charge in [-0.3, -0.25) is 9.78 Å².